The molecule has 6 fully saturated rings. The average molecular weight is 781 g/mol. The fourth-order valence-corrected chi connectivity index (χ4v) is 12.0. The predicted octanol–water partition coefficient (Wildman–Crippen LogP) is 0.478. The van der Waals surface area contributed by atoms with Crippen LogP contribution in [0.2, 0.25) is 0 Å². The highest BCUT2D eigenvalue weighted by atomic mass is 16.9. The van der Waals surface area contributed by atoms with Crippen LogP contribution in [0.3, 0.4) is 0 Å². The van der Waals surface area contributed by atoms with Crippen LogP contribution < -0.4 is 0 Å². The van der Waals surface area contributed by atoms with E-state index in [1.54, 1.807) is 44.2 Å². The van der Waals surface area contributed by atoms with E-state index in [-0.39, 0.29) is 25.2 Å². The van der Waals surface area contributed by atoms with Crippen molar-refractivity contribution in [2.45, 2.75) is 170 Å². The summed E-state index contributed by atoms with van der Waals surface area (Å²) in [5.41, 5.74) is -4.63. The summed E-state index contributed by atoms with van der Waals surface area (Å²) in [5.74, 6) is -3.84. The lowest BCUT2D eigenvalue weighted by Gasteiger charge is -2.68. The first-order valence-corrected chi connectivity index (χ1v) is 19.9. The second kappa shape index (κ2) is 14.8. The summed E-state index contributed by atoms with van der Waals surface area (Å²) in [7, 11) is 0. The maximum absolute atomic E-state index is 13.0. The first-order chi connectivity index (χ1) is 25.8. The monoisotopic (exact) mass is 780 g/mol. The zero-order chi connectivity index (χ0) is 39.9. The number of carbonyl (C=O) groups is 1. The van der Waals surface area contributed by atoms with E-state index in [4.69, 9.17) is 23.7 Å². The molecule has 19 atom stereocenters. The van der Waals surface area contributed by atoms with Crippen LogP contribution in [-0.2, 0) is 23.7 Å². The highest BCUT2D eigenvalue weighted by Crippen LogP contribution is 2.71. The second-order valence-corrected chi connectivity index (χ2v) is 17.8. The van der Waals surface area contributed by atoms with Crippen LogP contribution in [0.25, 0.3) is 0 Å². The molecular formula is C40H60O15. The summed E-state index contributed by atoms with van der Waals surface area (Å²) in [4.78, 5) is 13.0. The summed E-state index contributed by atoms with van der Waals surface area (Å²) in [6.07, 6.45) is -11.2. The van der Waals surface area contributed by atoms with Gasteiger partial charge >= 0.3 is 11.9 Å². The van der Waals surface area contributed by atoms with E-state index in [1.165, 1.54) is 0 Å². The molecule has 9 N–H and O–H groups in total. The second-order valence-electron chi connectivity index (χ2n) is 17.8. The maximum atomic E-state index is 13.0. The number of aliphatic hydroxyl groups excluding tert-OH is 7. The molecule has 0 radical (unpaired) electrons. The molecule has 4 aliphatic carbocycles. The lowest BCUT2D eigenvalue weighted by molar-refractivity contribution is -0.490. The minimum absolute atomic E-state index is 0.0656. The lowest BCUT2D eigenvalue weighted by atomic mass is 9.41. The number of benzene rings is 1. The van der Waals surface area contributed by atoms with Crippen LogP contribution in [0.5, 0.6) is 0 Å². The van der Waals surface area contributed by atoms with Crippen LogP contribution in [0.4, 0.5) is 0 Å². The van der Waals surface area contributed by atoms with Crippen molar-refractivity contribution in [1.29, 1.82) is 0 Å². The Morgan fingerprint density at radius 3 is 2.29 bits per heavy atom. The summed E-state index contributed by atoms with van der Waals surface area (Å²) in [5, 5.41) is 101. The molecule has 1 aromatic carbocycles. The molecule has 19 unspecified atom stereocenters. The van der Waals surface area contributed by atoms with Gasteiger partial charge in [0.15, 0.2) is 12.4 Å². The summed E-state index contributed by atoms with van der Waals surface area (Å²) in [6.45, 7) is 6.58. The van der Waals surface area contributed by atoms with E-state index in [9.17, 15) is 50.8 Å². The smallest absolute Gasteiger partial charge is 0.338 e. The van der Waals surface area contributed by atoms with Gasteiger partial charge in [0.25, 0.3) is 0 Å². The van der Waals surface area contributed by atoms with Crippen molar-refractivity contribution in [2.75, 3.05) is 6.61 Å². The summed E-state index contributed by atoms with van der Waals surface area (Å²) < 4.78 is 30.0. The van der Waals surface area contributed by atoms with E-state index in [1.807, 2.05) is 6.92 Å². The van der Waals surface area contributed by atoms with Crippen molar-refractivity contribution in [1.82, 2.24) is 0 Å². The van der Waals surface area contributed by atoms with E-state index in [2.05, 4.69) is 6.92 Å². The number of aliphatic hydroxyl groups is 9. The zero-order valence-corrected chi connectivity index (χ0v) is 32.0. The van der Waals surface area contributed by atoms with Gasteiger partial charge in [-0.1, -0.05) is 32.0 Å². The maximum Gasteiger partial charge on any atom is 0.338 e. The first kappa shape index (κ1) is 41.3. The Hall–Kier alpha value is -1.83. The third kappa shape index (κ3) is 6.41. The number of ether oxygens (including phenoxy) is 5. The minimum Gasteiger partial charge on any atom is -0.459 e. The normalized spacial score (nSPS) is 51.7. The van der Waals surface area contributed by atoms with Gasteiger partial charge in [-0.15, -0.1) is 0 Å². The van der Waals surface area contributed by atoms with E-state index >= 15 is 0 Å². The Labute approximate surface area is 321 Å². The molecule has 310 valence electrons. The van der Waals surface area contributed by atoms with Gasteiger partial charge in [-0.25, -0.2) is 4.79 Å². The van der Waals surface area contributed by atoms with Crippen molar-refractivity contribution in [2.24, 2.45) is 28.6 Å². The third-order valence-corrected chi connectivity index (χ3v) is 15.1. The Morgan fingerprint density at radius 2 is 1.62 bits per heavy atom. The molecular weight excluding hydrogens is 720 g/mol. The van der Waals surface area contributed by atoms with Gasteiger partial charge in [0.1, 0.15) is 36.1 Å². The molecule has 15 heteroatoms. The quantitative estimate of drug-likeness (QED) is 0.0990. The van der Waals surface area contributed by atoms with E-state index in [0.29, 0.717) is 44.1 Å². The topological polar surface area (TPSA) is 245 Å². The number of rotatable bonds is 8. The minimum atomic E-state index is -2.45. The highest BCUT2D eigenvalue weighted by molar-refractivity contribution is 5.89. The van der Waals surface area contributed by atoms with E-state index < -0.39 is 120 Å². The highest BCUT2D eigenvalue weighted by Gasteiger charge is 2.77. The van der Waals surface area contributed by atoms with Gasteiger partial charge in [-0.2, -0.15) is 0 Å². The van der Waals surface area contributed by atoms with Gasteiger partial charge in [0, 0.05) is 17.8 Å². The van der Waals surface area contributed by atoms with Gasteiger partial charge in [0.2, 0.25) is 0 Å². The molecule has 15 nitrogen and oxygen atoms in total. The molecule has 0 spiro atoms. The van der Waals surface area contributed by atoms with E-state index in [0.717, 1.165) is 0 Å². The number of fused-ring (bicyclic) bond motifs is 5. The van der Waals surface area contributed by atoms with Crippen molar-refractivity contribution < 1.29 is 74.4 Å². The molecule has 55 heavy (non-hydrogen) atoms. The van der Waals surface area contributed by atoms with Gasteiger partial charge in [-0.3, -0.25) is 0 Å². The molecule has 0 bridgehead atoms. The lowest BCUT2D eigenvalue weighted by Crippen LogP contribution is -2.76. The molecule has 2 saturated heterocycles. The van der Waals surface area contributed by atoms with Gasteiger partial charge in [0.05, 0.1) is 42.2 Å². The van der Waals surface area contributed by atoms with Crippen LogP contribution in [-0.4, -0.2) is 143 Å². The van der Waals surface area contributed by atoms with Gasteiger partial charge in [-0.05, 0) is 94.6 Å². The predicted molar refractivity (Wildman–Crippen MR) is 190 cm³/mol. The average Bonchev–Trinajstić information content (AvgIpc) is 3.36. The molecule has 0 amide bonds. The summed E-state index contributed by atoms with van der Waals surface area (Å²) in [6, 6.07) is 8.65. The number of esters is 1. The van der Waals surface area contributed by atoms with Crippen LogP contribution >= 0.6 is 0 Å². The first-order valence-electron chi connectivity index (χ1n) is 19.9. The Morgan fingerprint density at radius 1 is 0.909 bits per heavy atom. The van der Waals surface area contributed by atoms with Crippen molar-refractivity contribution in [3.05, 3.63) is 35.9 Å². The van der Waals surface area contributed by atoms with Crippen LogP contribution in [0.15, 0.2) is 30.3 Å². The fraction of sp³-hybridized carbons (Fsp3) is 0.825. The molecule has 4 saturated carbocycles. The number of carbonyl (C=O) groups excluding carboxylic acids is 1. The molecule has 0 aromatic heterocycles. The standard InChI is InChI=1S/C40H60O15/c1-20(52-35(48)22-8-6-5-7-9-22)25-17-29(43)39(50)37(25,4)14-12-28-36(3)13-11-24(16-23(36)10-15-38(28,39)49)53-40(34(47)32(46)31(45)27(19-41)54-40)55-33-21(2)51-30(44)18-26(33)42/h5-9,20-21,23-34,41-47,49-50H,10-19H2,1-4H3. The Kier molecular flexibility index (Phi) is 11.1. The van der Waals surface area contributed by atoms with Crippen molar-refractivity contribution in [3.8, 4) is 0 Å². The fourth-order valence-electron chi connectivity index (χ4n) is 12.0. The SMILES string of the molecule is CC1OC(O)CC(O)C1OC1(OC2CCC3(C)C(CCC4(O)C3CCC3(C)C(C(C)OC(=O)c5ccccc5)CC(O)C34O)C2)OC(CO)C(O)C(O)C1O. The molecule has 1 aromatic rings. The Bertz CT molecular complexity index is 1520. The summed E-state index contributed by atoms with van der Waals surface area (Å²) >= 11 is 0. The molecule has 2 heterocycles. The number of hydrogen-bond donors (Lipinski definition) is 9. The molecule has 2 aliphatic heterocycles. The zero-order valence-electron chi connectivity index (χ0n) is 32.0. The van der Waals surface area contributed by atoms with Gasteiger partial charge < -0.3 is 69.6 Å². The van der Waals surface area contributed by atoms with Crippen molar-refractivity contribution in [3.63, 3.8) is 0 Å². The number of hydrogen-bond acceptors (Lipinski definition) is 15. The third-order valence-electron chi connectivity index (χ3n) is 15.1. The largest absolute Gasteiger partial charge is 0.459 e. The van der Waals surface area contributed by atoms with Crippen molar-refractivity contribution >= 4 is 5.97 Å². The molecule has 6 aliphatic rings. The molecule has 7 rings (SSSR count). The Balaban J connectivity index is 1.11. The van der Waals surface area contributed by atoms with Crippen LogP contribution in [0.1, 0.15) is 95.8 Å². The van der Waals surface area contributed by atoms with Crippen LogP contribution in [0, 0.1) is 28.6 Å².